The Kier molecular flexibility index (Phi) is 4.93. The highest BCUT2D eigenvalue weighted by molar-refractivity contribution is 9.10. The molecule has 0 radical (unpaired) electrons. The third kappa shape index (κ3) is 3.56. The molecule has 0 saturated heterocycles. The van der Waals surface area contributed by atoms with Gasteiger partial charge in [-0.05, 0) is 42.9 Å². The molecule has 0 aliphatic rings. The van der Waals surface area contributed by atoms with E-state index in [-0.39, 0.29) is 11.9 Å². The highest BCUT2D eigenvalue weighted by Crippen LogP contribution is 2.23. The van der Waals surface area contributed by atoms with Gasteiger partial charge < -0.3 is 5.73 Å². The van der Waals surface area contributed by atoms with Crippen molar-refractivity contribution in [3.05, 3.63) is 34.1 Å². The van der Waals surface area contributed by atoms with Gasteiger partial charge in [0, 0.05) is 10.5 Å². The molecule has 1 aromatic rings. The smallest absolute Gasteiger partial charge is 0.127 e. The molecule has 1 aromatic carbocycles. The first-order valence-corrected chi connectivity index (χ1v) is 6.40. The molecule has 0 aromatic heterocycles. The molecule has 0 saturated carbocycles. The Hall–Kier alpha value is -0.410. The largest absolute Gasteiger partial charge is 0.328 e. The van der Waals surface area contributed by atoms with Crippen molar-refractivity contribution in [1.29, 1.82) is 0 Å². The molecule has 2 unspecified atom stereocenters. The molecule has 16 heavy (non-hydrogen) atoms. The normalized spacial score (nSPS) is 15.2. The van der Waals surface area contributed by atoms with Crippen LogP contribution in [0.4, 0.5) is 4.39 Å². The fourth-order valence-electron chi connectivity index (χ4n) is 1.97. The first kappa shape index (κ1) is 13.7. The van der Waals surface area contributed by atoms with Crippen LogP contribution in [0, 0.1) is 17.7 Å². The molecule has 2 atom stereocenters. The molecule has 0 bridgehead atoms. The maximum absolute atomic E-state index is 13.7. The number of hydrogen-bond acceptors (Lipinski definition) is 1. The van der Waals surface area contributed by atoms with Gasteiger partial charge >= 0.3 is 0 Å². The van der Waals surface area contributed by atoms with Crippen LogP contribution in [-0.2, 0) is 6.42 Å². The van der Waals surface area contributed by atoms with E-state index >= 15 is 0 Å². The predicted octanol–water partition coefficient (Wildman–Crippen LogP) is 3.75. The van der Waals surface area contributed by atoms with Gasteiger partial charge in [-0.15, -0.1) is 0 Å². The first-order chi connectivity index (χ1) is 7.41. The zero-order valence-corrected chi connectivity index (χ0v) is 11.6. The lowest BCUT2D eigenvalue weighted by Gasteiger charge is -2.24. The van der Waals surface area contributed by atoms with Crippen LogP contribution >= 0.6 is 15.9 Å². The quantitative estimate of drug-likeness (QED) is 0.897. The van der Waals surface area contributed by atoms with Gasteiger partial charge in [0.25, 0.3) is 0 Å². The van der Waals surface area contributed by atoms with E-state index in [4.69, 9.17) is 5.73 Å². The second kappa shape index (κ2) is 5.78. The SMILES string of the molecule is CC(C)C(Cc1ccc(Br)cc1F)C(C)N. The summed E-state index contributed by atoms with van der Waals surface area (Å²) in [5.74, 6) is 0.624. The highest BCUT2D eigenvalue weighted by Gasteiger charge is 2.19. The molecule has 0 heterocycles. The summed E-state index contributed by atoms with van der Waals surface area (Å²) >= 11 is 3.26. The summed E-state index contributed by atoms with van der Waals surface area (Å²) in [7, 11) is 0. The minimum atomic E-state index is -0.152. The monoisotopic (exact) mass is 287 g/mol. The standard InChI is InChI=1S/C13H19BrFN/c1-8(2)12(9(3)16)6-10-4-5-11(14)7-13(10)15/h4-5,7-9,12H,6,16H2,1-3H3. The van der Waals surface area contributed by atoms with Crippen LogP contribution in [-0.4, -0.2) is 6.04 Å². The molecular weight excluding hydrogens is 269 g/mol. The van der Waals surface area contributed by atoms with Crippen LogP contribution in [0.2, 0.25) is 0 Å². The summed E-state index contributed by atoms with van der Waals surface area (Å²) < 4.78 is 14.4. The van der Waals surface area contributed by atoms with Crippen LogP contribution in [0.25, 0.3) is 0 Å². The Morgan fingerprint density at radius 3 is 2.38 bits per heavy atom. The van der Waals surface area contributed by atoms with Crippen LogP contribution in [0.3, 0.4) is 0 Å². The first-order valence-electron chi connectivity index (χ1n) is 5.61. The van der Waals surface area contributed by atoms with Crippen molar-refractivity contribution in [2.75, 3.05) is 0 Å². The number of nitrogens with two attached hydrogens (primary N) is 1. The molecule has 0 fully saturated rings. The van der Waals surface area contributed by atoms with Crippen LogP contribution in [0.15, 0.2) is 22.7 Å². The Balaban J connectivity index is 2.85. The zero-order valence-electron chi connectivity index (χ0n) is 10.0. The van der Waals surface area contributed by atoms with Crippen molar-refractivity contribution in [3.63, 3.8) is 0 Å². The molecule has 0 aliphatic heterocycles. The van der Waals surface area contributed by atoms with Crippen LogP contribution in [0.1, 0.15) is 26.3 Å². The second-order valence-electron chi connectivity index (χ2n) is 4.71. The lowest BCUT2D eigenvalue weighted by Crippen LogP contribution is -2.32. The van der Waals surface area contributed by atoms with Crippen molar-refractivity contribution in [1.82, 2.24) is 0 Å². The Morgan fingerprint density at radius 1 is 1.31 bits per heavy atom. The Morgan fingerprint density at radius 2 is 1.94 bits per heavy atom. The lowest BCUT2D eigenvalue weighted by molar-refractivity contribution is 0.326. The molecule has 90 valence electrons. The average Bonchev–Trinajstić information content (AvgIpc) is 2.15. The summed E-state index contributed by atoms with van der Waals surface area (Å²) in [4.78, 5) is 0. The van der Waals surface area contributed by atoms with E-state index in [1.165, 1.54) is 6.07 Å². The van der Waals surface area contributed by atoms with Gasteiger partial charge in [0.15, 0.2) is 0 Å². The third-order valence-electron chi connectivity index (χ3n) is 3.00. The van der Waals surface area contributed by atoms with Gasteiger partial charge in [0.05, 0.1) is 0 Å². The average molecular weight is 288 g/mol. The van der Waals surface area contributed by atoms with Crippen molar-refractivity contribution in [2.24, 2.45) is 17.6 Å². The van der Waals surface area contributed by atoms with Gasteiger partial charge in [0.1, 0.15) is 5.82 Å². The number of benzene rings is 1. The summed E-state index contributed by atoms with van der Waals surface area (Å²) in [5, 5.41) is 0. The topological polar surface area (TPSA) is 26.0 Å². The molecular formula is C13H19BrFN. The number of halogens is 2. The maximum atomic E-state index is 13.7. The second-order valence-corrected chi connectivity index (χ2v) is 5.62. The highest BCUT2D eigenvalue weighted by atomic mass is 79.9. The summed E-state index contributed by atoms with van der Waals surface area (Å²) in [6.07, 6.45) is 0.703. The van der Waals surface area contributed by atoms with Gasteiger partial charge in [-0.3, -0.25) is 0 Å². The van der Waals surface area contributed by atoms with Crippen molar-refractivity contribution in [3.8, 4) is 0 Å². The predicted molar refractivity (Wildman–Crippen MR) is 69.8 cm³/mol. The Labute approximate surface area is 105 Å². The van der Waals surface area contributed by atoms with Crippen LogP contribution in [0.5, 0.6) is 0 Å². The molecule has 1 nitrogen and oxygen atoms in total. The summed E-state index contributed by atoms with van der Waals surface area (Å²) in [6, 6.07) is 5.30. The molecule has 0 amide bonds. The Bertz CT molecular complexity index is 342. The van der Waals surface area contributed by atoms with E-state index in [9.17, 15) is 4.39 Å². The van der Waals surface area contributed by atoms with Crippen LogP contribution < -0.4 is 5.73 Å². The van der Waals surface area contributed by atoms with Crippen molar-refractivity contribution < 1.29 is 4.39 Å². The van der Waals surface area contributed by atoms with E-state index in [2.05, 4.69) is 29.8 Å². The molecule has 2 N–H and O–H groups in total. The molecule has 3 heteroatoms. The molecule has 0 aliphatic carbocycles. The number of rotatable bonds is 4. The third-order valence-corrected chi connectivity index (χ3v) is 3.50. The van der Waals surface area contributed by atoms with E-state index in [0.29, 0.717) is 18.3 Å². The number of hydrogen-bond donors (Lipinski definition) is 1. The minimum absolute atomic E-state index is 0.0862. The van der Waals surface area contributed by atoms with E-state index < -0.39 is 0 Å². The zero-order chi connectivity index (χ0) is 12.3. The van der Waals surface area contributed by atoms with E-state index in [1.807, 2.05) is 19.1 Å². The fraction of sp³-hybridized carbons (Fsp3) is 0.538. The van der Waals surface area contributed by atoms with Gasteiger partial charge in [-0.1, -0.05) is 35.8 Å². The maximum Gasteiger partial charge on any atom is 0.127 e. The van der Waals surface area contributed by atoms with Gasteiger partial charge in [0.2, 0.25) is 0 Å². The lowest BCUT2D eigenvalue weighted by atomic mass is 9.84. The van der Waals surface area contributed by atoms with Crippen molar-refractivity contribution in [2.45, 2.75) is 33.2 Å². The van der Waals surface area contributed by atoms with E-state index in [0.717, 1.165) is 10.0 Å². The van der Waals surface area contributed by atoms with Crippen molar-refractivity contribution >= 4 is 15.9 Å². The van der Waals surface area contributed by atoms with Gasteiger partial charge in [-0.25, -0.2) is 4.39 Å². The molecule has 0 spiro atoms. The molecule has 1 rings (SSSR count). The van der Waals surface area contributed by atoms with Gasteiger partial charge in [-0.2, -0.15) is 0 Å². The van der Waals surface area contributed by atoms with E-state index in [1.54, 1.807) is 0 Å². The fourth-order valence-corrected chi connectivity index (χ4v) is 2.30. The summed E-state index contributed by atoms with van der Waals surface area (Å²) in [5.41, 5.74) is 6.68. The summed E-state index contributed by atoms with van der Waals surface area (Å²) in [6.45, 7) is 6.25. The minimum Gasteiger partial charge on any atom is -0.328 e.